The zero-order valence-electron chi connectivity index (χ0n) is 16.8. The average molecular weight is 379 g/mol. The topological polar surface area (TPSA) is 61.8 Å². The number of nitrogens with zero attached hydrogens (tertiary/aromatic N) is 4. The number of benzene rings is 1. The fourth-order valence-corrected chi connectivity index (χ4v) is 4.85. The van der Waals surface area contributed by atoms with Gasteiger partial charge < -0.3 is 10.3 Å². The second kappa shape index (κ2) is 8.29. The summed E-state index contributed by atoms with van der Waals surface area (Å²) < 4.78 is 1.96. The maximum atomic E-state index is 3.94. The van der Waals surface area contributed by atoms with Gasteiger partial charge in [0.05, 0.1) is 0 Å². The third-order valence-electron chi connectivity index (χ3n) is 6.24. The Balaban J connectivity index is 1.71. The minimum Gasteiger partial charge on any atom is -0.361 e. The van der Waals surface area contributed by atoms with Crippen molar-refractivity contribution in [3.05, 3.63) is 55.3 Å². The molecule has 0 spiro atoms. The van der Waals surface area contributed by atoms with E-state index in [9.17, 15) is 0 Å². The van der Waals surface area contributed by atoms with E-state index in [0.29, 0.717) is 17.9 Å². The van der Waals surface area contributed by atoms with Crippen molar-refractivity contribution in [3.63, 3.8) is 0 Å². The Morgan fingerprint density at radius 2 is 2.18 bits per heavy atom. The van der Waals surface area contributed by atoms with Gasteiger partial charge in [-0.15, -0.1) is 16.8 Å². The molecule has 4 rings (SSSR count). The van der Waals surface area contributed by atoms with Gasteiger partial charge in [0.2, 0.25) is 0 Å². The van der Waals surface area contributed by atoms with Crippen LogP contribution in [0.5, 0.6) is 0 Å². The molecule has 0 bridgehead atoms. The Bertz CT molecular complexity index is 912. The number of piperidine rings is 1. The summed E-state index contributed by atoms with van der Waals surface area (Å²) >= 11 is 0. The summed E-state index contributed by atoms with van der Waals surface area (Å²) in [4.78, 5) is 5.96. The molecule has 1 saturated heterocycles. The van der Waals surface area contributed by atoms with Crippen LogP contribution in [0.25, 0.3) is 16.6 Å². The molecule has 0 amide bonds. The second-order valence-corrected chi connectivity index (χ2v) is 7.81. The van der Waals surface area contributed by atoms with Crippen LogP contribution < -0.4 is 5.32 Å². The van der Waals surface area contributed by atoms with Gasteiger partial charge >= 0.3 is 0 Å². The highest BCUT2D eigenvalue weighted by molar-refractivity contribution is 5.85. The number of likely N-dealkylation sites (N-methyl/N-ethyl adjacent to an activating group) is 1. The Morgan fingerprint density at radius 1 is 1.36 bits per heavy atom. The van der Waals surface area contributed by atoms with Gasteiger partial charge in [0.1, 0.15) is 12.7 Å². The van der Waals surface area contributed by atoms with Crippen LogP contribution in [0.2, 0.25) is 0 Å². The molecule has 3 aromatic rings. The summed E-state index contributed by atoms with van der Waals surface area (Å²) in [6.07, 6.45) is 10.0. The quantitative estimate of drug-likeness (QED) is 0.619. The number of fused-ring (bicyclic) bond motifs is 1. The number of hydrogen-bond acceptors (Lipinski definition) is 4. The zero-order chi connectivity index (χ0) is 19.5. The van der Waals surface area contributed by atoms with Crippen molar-refractivity contribution in [1.82, 2.24) is 30.0 Å². The lowest BCUT2D eigenvalue weighted by Crippen LogP contribution is -2.50. The lowest BCUT2D eigenvalue weighted by atomic mass is 9.76. The van der Waals surface area contributed by atoms with Crippen molar-refractivity contribution >= 4 is 10.9 Å². The van der Waals surface area contributed by atoms with Gasteiger partial charge in [-0.1, -0.05) is 13.0 Å². The molecule has 28 heavy (non-hydrogen) atoms. The third kappa shape index (κ3) is 3.50. The van der Waals surface area contributed by atoms with Crippen molar-refractivity contribution in [2.45, 2.75) is 31.7 Å². The summed E-state index contributed by atoms with van der Waals surface area (Å²) in [5.41, 5.74) is 3.69. The molecule has 148 valence electrons. The van der Waals surface area contributed by atoms with Gasteiger partial charge in [-0.05, 0) is 62.0 Å². The number of hydrogen-bond donors (Lipinski definition) is 2. The Labute approximate surface area is 166 Å². The first-order valence-electron chi connectivity index (χ1n) is 10.2. The number of nitrogens with one attached hydrogen (secondary N) is 2. The van der Waals surface area contributed by atoms with E-state index in [-0.39, 0.29) is 0 Å². The van der Waals surface area contributed by atoms with Gasteiger partial charge in [0, 0.05) is 41.9 Å². The van der Waals surface area contributed by atoms with Crippen LogP contribution >= 0.6 is 0 Å². The minimum atomic E-state index is 0.495. The Morgan fingerprint density at radius 3 is 2.93 bits per heavy atom. The molecule has 0 aliphatic carbocycles. The molecule has 3 unspecified atom stereocenters. The van der Waals surface area contributed by atoms with Gasteiger partial charge in [-0.2, -0.15) is 0 Å². The Kier molecular flexibility index (Phi) is 5.59. The molecule has 1 aromatic carbocycles. The van der Waals surface area contributed by atoms with Crippen LogP contribution in [0.1, 0.15) is 31.2 Å². The number of rotatable bonds is 7. The van der Waals surface area contributed by atoms with Gasteiger partial charge in [0.25, 0.3) is 0 Å². The van der Waals surface area contributed by atoms with E-state index >= 15 is 0 Å². The molecule has 3 heterocycles. The smallest absolute Gasteiger partial charge is 0.123 e. The van der Waals surface area contributed by atoms with E-state index in [0.717, 1.165) is 31.7 Å². The molecular weight excluding hydrogens is 348 g/mol. The summed E-state index contributed by atoms with van der Waals surface area (Å²) in [6.45, 7) is 9.33. The highest BCUT2D eigenvalue weighted by Gasteiger charge is 2.34. The van der Waals surface area contributed by atoms with Crippen LogP contribution in [0, 0.1) is 5.92 Å². The molecule has 2 aromatic heterocycles. The van der Waals surface area contributed by atoms with E-state index in [1.807, 2.05) is 10.6 Å². The number of aromatic nitrogens is 4. The van der Waals surface area contributed by atoms with Crippen LogP contribution in [0.4, 0.5) is 0 Å². The average Bonchev–Trinajstić information content (AvgIpc) is 3.39. The molecule has 6 nitrogen and oxygen atoms in total. The molecule has 1 aliphatic rings. The maximum absolute atomic E-state index is 3.94. The minimum absolute atomic E-state index is 0.495. The molecule has 0 radical (unpaired) electrons. The summed E-state index contributed by atoms with van der Waals surface area (Å²) in [7, 11) is 2.23. The van der Waals surface area contributed by atoms with Crippen molar-refractivity contribution in [2.24, 2.45) is 5.92 Å². The molecule has 1 aliphatic heterocycles. The zero-order valence-corrected chi connectivity index (χ0v) is 16.8. The van der Waals surface area contributed by atoms with E-state index in [2.05, 4.69) is 70.3 Å². The fraction of sp³-hybridized carbons (Fsp3) is 0.455. The van der Waals surface area contributed by atoms with E-state index in [1.165, 1.54) is 22.9 Å². The number of H-pyrrole nitrogens is 1. The predicted octanol–water partition coefficient (Wildman–Crippen LogP) is 3.34. The van der Waals surface area contributed by atoms with Crippen LogP contribution in [-0.2, 0) is 0 Å². The highest BCUT2D eigenvalue weighted by Crippen LogP contribution is 2.38. The van der Waals surface area contributed by atoms with Crippen molar-refractivity contribution < 1.29 is 0 Å². The van der Waals surface area contributed by atoms with Crippen LogP contribution in [-0.4, -0.2) is 57.4 Å². The highest BCUT2D eigenvalue weighted by atomic mass is 15.2. The first-order chi connectivity index (χ1) is 13.7. The van der Waals surface area contributed by atoms with Gasteiger partial charge in [-0.3, -0.25) is 9.47 Å². The first kappa shape index (κ1) is 18.9. The Hall–Kier alpha value is -2.44. The first-order valence-corrected chi connectivity index (χ1v) is 10.2. The predicted molar refractivity (Wildman–Crippen MR) is 114 cm³/mol. The summed E-state index contributed by atoms with van der Waals surface area (Å²) in [6, 6.07) is 7.08. The van der Waals surface area contributed by atoms with Gasteiger partial charge in [-0.25, -0.2) is 0 Å². The van der Waals surface area contributed by atoms with E-state index < -0.39 is 0 Å². The van der Waals surface area contributed by atoms with Crippen molar-refractivity contribution in [1.29, 1.82) is 0 Å². The number of aromatic amines is 1. The lowest BCUT2D eigenvalue weighted by molar-refractivity contribution is 0.131. The van der Waals surface area contributed by atoms with Crippen LogP contribution in [0.15, 0.2) is 49.7 Å². The normalized spacial score (nSPS) is 21.2. The largest absolute Gasteiger partial charge is 0.361 e. The second-order valence-electron chi connectivity index (χ2n) is 7.81. The fourth-order valence-electron chi connectivity index (χ4n) is 4.85. The molecular formula is C22H30N6. The summed E-state index contributed by atoms with van der Waals surface area (Å²) in [5, 5.41) is 12.8. The lowest BCUT2D eigenvalue weighted by Gasteiger charge is -2.42. The molecule has 1 fully saturated rings. The SMILES string of the molecule is C=CCN(C)C1CCNCC1C(CC)c1c[nH]c2ccc(-n3cnnc3)cc12. The molecule has 3 atom stereocenters. The van der Waals surface area contributed by atoms with Crippen LogP contribution in [0.3, 0.4) is 0 Å². The summed E-state index contributed by atoms with van der Waals surface area (Å²) in [5.74, 6) is 1.07. The standard InChI is InChI=1S/C22H30N6/c1-4-10-27(3)22-8-9-23-12-20(22)17(5-2)19-13-24-21-7-6-16(11-18(19)21)28-14-25-26-15-28/h4,6-7,11,13-15,17,20,22-24H,1,5,8-10,12H2,2-3H3. The van der Waals surface area contributed by atoms with Crippen molar-refractivity contribution in [3.8, 4) is 5.69 Å². The van der Waals surface area contributed by atoms with E-state index in [4.69, 9.17) is 0 Å². The molecule has 0 saturated carbocycles. The molecule has 2 N–H and O–H groups in total. The van der Waals surface area contributed by atoms with Gasteiger partial charge in [0.15, 0.2) is 0 Å². The van der Waals surface area contributed by atoms with E-state index in [1.54, 1.807) is 12.7 Å². The monoisotopic (exact) mass is 378 g/mol. The maximum Gasteiger partial charge on any atom is 0.123 e. The third-order valence-corrected chi connectivity index (χ3v) is 6.24. The van der Waals surface area contributed by atoms with Crippen molar-refractivity contribution in [2.75, 3.05) is 26.7 Å². The molecule has 6 heteroatoms.